The minimum absolute atomic E-state index is 0.350. The van der Waals surface area contributed by atoms with Crippen LogP contribution in [0.25, 0.3) is 0 Å². The van der Waals surface area contributed by atoms with Gasteiger partial charge in [0, 0.05) is 18.1 Å². The maximum absolute atomic E-state index is 11.0. The summed E-state index contributed by atoms with van der Waals surface area (Å²) in [5.41, 5.74) is 0. The van der Waals surface area contributed by atoms with Crippen LogP contribution in [-0.2, 0) is 9.84 Å². The summed E-state index contributed by atoms with van der Waals surface area (Å²) in [6.45, 7) is 3.15. The Morgan fingerprint density at radius 2 is 2.07 bits per heavy atom. The first-order valence-corrected chi connectivity index (χ1v) is 8.00. The fraction of sp³-hybridized carbons (Fsp3) is 1.00. The summed E-state index contributed by atoms with van der Waals surface area (Å²) in [7, 11) is -2.77. The largest absolute Gasteiger partial charge is 0.314 e. The fourth-order valence-electron chi connectivity index (χ4n) is 2.52. The van der Waals surface area contributed by atoms with Gasteiger partial charge < -0.3 is 5.32 Å². The maximum Gasteiger partial charge on any atom is 0.147 e. The Kier molecular flexibility index (Phi) is 5.06. The molecule has 90 valence electrons. The zero-order valence-electron chi connectivity index (χ0n) is 9.83. The van der Waals surface area contributed by atoms with E-state index < -0.39 is 9.84 Å². The molecule has 1 fully saturated rings. The van der Waals surface area contributed by atoms with Gasteiger partial charge in [0.25, 0.3) is 0 Å². The topological polar surface area (TPSA) is 46.2 Å². The van der Waals surface area contributed by atoms with Crippen molar-refractivity contribution in [3.8, 4) is 0 Å². The van der Waals surface area contributed by atoms with E-state index >= 15 is 0 Å². The third kappa shape index (κ3) is 4.98. The third-order valence-corrected chi connectivity index (χ3v) is 4.25. The van der Waals surface area contributed by atoms with Gasteiger partial charge in [0.2, 0.25) is 0 Å². The number of sulfone groups is 1. The van der Waals surface area contributed by atoms with Crippen LogP contribution < -0.4 is 5.32 Å². The second-order valence-electron chi connectivity index (χ2n) is 4.63. The van der Waals surface area contributed by atoms with Crippen LogP contribution in [0.15, 0.2) is 0 Å². The van der Waals surface area contributed by atoms with Crippen LogP contribution >= 0.6 is 0 Å². The van der Waals surface area contributed by atoms with E-state index in [-0.39, 0.29) is 0 Å². The molecular formula is C11H23NO2S. The predicted molar refractivity (Wildman–Crippen MR) is 63.8 cm³/mol. The van der Waals surface area contributed by atoms with Crippen LogP contribution in [0.1, 0.15) is 39.0 Å². The average molecular weight is 233 g/mol. The molecule has 3 nitrogen and oxygen atoms in total. The number of rotatable bonds is 6. The Hall–Kier alpha value is -0.0900. The highest BCUT2D eigenvalue weighted by Gasteiger charge is 2.25. The van der Waals surface area contributed by atoms with Gasteiger partial charge in [-0.3, -0.25) is 0 Å². The van der Waals surface area contributed by atoms with Crippen LogP contribution in [0, 0.1) is 5.92 Å². The van der Waals surface area contributed by atoms with Crippen LogP contribution in [0.5, 0.6) is 0 Å². The van der Waals surface area contributed by atoms with Crippen molar-refractivity contribution in [2.45, 2.75) is 45.1 Å². The van der Waals surface area contributed by atoms with Gasteiger partial charge in [-0.05, 0) is 38.1 Å². The van der Waals surface area contributed by atoms with Crippen molar-refractivity contribution in [2.75, 3.05) is 18.6 Å². The number of hydrogen-bond donors (Lipinski definition) is 1. The molecule has 1 rings (SSSR count). The SMILES string of the molecule is CCNC1CCCC1CCCS(C)(=O)=O. The van der Waals surface area contributed by atoms with Gasteiger partial charge in [-0.15, -0.1) is 0 Å². The molecule has 1 aliphatic carbocycles. The Labute approximate surface area is 93.6 Å². The van der Waals surface area contributed by atoms with E-state index in [2.05, 4.69) is 12.2 Å². The fourth-order valence-corrected chi connectivity index (χ4v) is 3.21. The molecule has 1 saturated carbocycles. The highest BCUT2D eigenvalue weighted by molar-refractivity contribution is 7.90. The van der Waals surface area contributed by atoms with Gasteiger partial charge >= 0.3 is 0 Å². The van der Waals surface area contributed by atoms with E-state index in [1.807, 2.05) is 0 Å². The Bertz CT molecular complexity index is 274. The summed E-state index contributed by atoms with van der Waals surface area (Å²) >= 11 is 0. The highest BCUT2D eigenvalue weighted by atomic mass is 32.2. The number of hydrogen-bond acceptors (Lipinski definition) is 3. The highest BCUT2D eigenvalue weighted by Crippen LogP contribution is 2.29. The molecule has 1 N–H and O–H groups in total. The molecule has 0 aromatic heterocycles. The van der Waals surface area contributed by atoms with Crippen molar-refractivity contribution in [1.82, 2.24) is 5.32 Å². The molecule has 2 atom stereocenters. The predicted octanol–water partition coefficient (Wildman–Crippen LogP) is 1.59. The number of nitrogens with one attached hydrogen (secondary N) is 1. The van der Waals surface area contributed by atoms with Crippen LogP contribution in [0.2, 0.25) is 0 Å². The summed E-state index contributed by atoms with van der Waals surface area (Å²) in [5.74, 6) is 1.05. The lowest BCUT2D eigenvalue weighted by Crippen LogP contribution is -2.32. The molecule has 0 spiro atoms. The van der Waals surface area contributed by atoms with E-state index in [4.69, 9.17) is 0 Å². The molecule has 2 unspecified atom stereocenters. The molecule has 0 bridgehead atoms. The van der Waals surface area contributed by atoms with E-state index in [9.17, 15) is 8.42 Å². The van der Waals surface area contributed by atoms with E-state index in [1.165, 1.54) is 25.5 Å². The molecule has 0 aliphatic heterocycles. The lowest BCUT2D eigenvalue weighted by molar-refractivity contribution is 0.382. The Morgan fingerprint density at radius 3 is 2.67 bits per heavy atom. The normalized spacial score (nSPS) is 27.1. The summed E-state index contributed by atoms with van der Waals surface area (Å²) in [5, 5.41) is 3.49. The average Bonchev–Trinajstić information content (AvgIpc) is 2.51. The molecular weight excluding hydrogens is 210 g/mol. The van der Waals surface area contributed by atoms with Crippen molar-refractivity contribution in [2.24, 2.45) is 5.92 Å². The summed E-state index contributed by atoms with van der Waals surface area (Å²) in [6.07, 6.45) is 7.03. The molecule has 0 radical (unpaired) electrons. The summed E-state index contributed by atoms with van der Waals surface area (Å²) in [6, 6.07) is 0.634. The van der Waals surface area contributed by atoms with Crippen molar-refractivity contribution in [3.63, 3.8) is 0 Å². The zero-order chi connectivity index (χ0) is 11.3. The van der Waals surface area contributed by atoms with Crippen LogP contribution in [0.3, 0.4) is 0 Å². The first-order valence-electron chi connectivity index (χ1n) is 5.94. The molecule has 0 aromatic rings. The minimum Gasteiger partial charge on any atom is -0.314 e. The summed E-state index contributed by atoms with van der Waals surface area (Å²) in [4.78, 5) is 0. The standard InChI is InChI=1S/C11H23NO2S/c1-3-12-11-8-4-6-10(11)7-5-9-15(2,13)14/h10-12H,3-9H2,1-2H3. The van der Waals surface area contributed by atoms with Gasteiger partial charge in [0.15, 0.2) is 0 Å². The molecule has 0 amide bonds. The van der Waals surface area contributed by atoms with Gasteiger partial charge in [-0.25, -0.2) is 8.42 Å². The second-order valence-corrected chi connectivity index (χ2v) is 6.89. The lowest BCUT2D eigenvalue weighted by Gasteiger charge is -2.19. The van der Waals surface area contributed by atoms with Gasteiger partial charge in [0.05, 0.1) is 0 Å². The molecule has 15 heavy (non-hydrogen) atoms. The Balaban J connectivity index is 2.25. The van der Waals surface area contributed by atoms with Gasteiger partial charge in [-0.1, -0.05) is 13.3 Å². The molecule has 0 aromatic carbocycles. The van der Waals surface area contributed by atoms with Crippen molar-refractivity contribution in [1.29, 1.82) is 0 Å². The molecule has 4 heteroatoms. The zero-order valence-corrected chi connectivity index (χ0v) is 10.6. The van der Waals surface area contributed by atoms with E-state index in [0.29, 0.717) is 17.7 Å². The first kappa shape index (κ1) is 13.0. The third-order valence-electron chi connectivity index (χ3n) is 3.22. The lowest BCUT2D eigenvalue weighted by atomic mass is 9.98. The van der Waals surface area contributed by atoms with Crippen LogP contribution in [0.4, 0.5) is 0 Å². The van der Waals surface area contributed by atoms with E-state index in [1.54, 1.807) is 0 Å². The van der Waals surface area contributed by atoms with Gasteiger partial charge in [0.1, 0.15) is 9.84 Å². The monoisotopic (exact) mass is 233 g/mol. The molecule has 0 heterocycles. The van der Waals surface area contributed by atoms with Gasteiger partial charge in [-0.2, -0.15) is 0 Å². The minimum atomic E-state index is -2.77. The molecule has 1 aliphatic rings. The molecule has 0 saturated heterocycles. The summed E-state index contributed by atoms with van der Waals surface area (Å²) < 4.78 is 22.0. The maximum atomic E-state index is 11.0. The smallest absolute Gasteiger partial charge is 0.147 e. The first-order chi connectivity index (χ1) is 7.03. The van der Waals surface area contributed by atoms with Crippen molar-refractivity contribution >= 4 is 9.84 Å². The van der Waals surface area contributed by atoms with Crippen molar-refractivity contribution < 1.29 is 8.42 Å². The second kappa shape index (κ2) is 5.85. The Morgan fingerprint density at radius 1 is 1.33 bits per heavy atom. The quantitative estimate of drug-likeness (QED) is 0.758. The van der Waals surface area contributed by atoms with Crippen LogP contribution in [-0.4, -0.2) is 33.0 Å². The van der Waals surface area contributed by atoms with E-state index in [0.717, 1.165) is 19.4 Å². The van der Waals surface area contributed by atoms with Crippen molar-refractivity contribution in [3.05, 3.63) is 0 Å².